The van der Waals surface area contributed by atoms with Gasteiger partial charge in [-0.2, -0.15) is 0 Å². The van der Waals surface area contributed by atoms with Crippen molar-refractivity contribution in [2.24, 2.45) is 0 Å². The van der Waals surface area contributed by atoms with E-state index in [4.69, 9.17) is 9.84 Å². The van der Waals surface area contributed by atoms with Gasteiger partial charge in [-0.3, -0.25) is 0 Å². The Morgan fingerprint density at radius 1 is 1.25 bits per heavy atom. The molecular formula is C13H16O3. The first-order valence-corrected chi connectivity index (χ1v) is 5.33. The molecule has 0 radical (unpaired) electrons. The highest BCUT2D eigenvalue weighted by molar-refractivity contribution is 5.86. The molecule has 0 amide bonds. The van der Waals surface area contributed by atoms with Crippen LogP contribution >= 0.6 is 0 Å². The summed E-state index contributed by atoms with van der Waals surface area (Å²) in [5.41, 5.74) is 0.967. The van der Waals surface area contributed by atoms with Gasteiger partial charge >= 0.3 is 5.97 Å². The maximum absolute atomic E-state index is 11.2. The molecule has 1 rings (SSSR count). The summed E-state index contributed by atoms with van der Waals surface area (Å²) in [4.78, 5) is 11.2. The molecule has 0 aliphatic rings. The zero-order chi connectivity index (χ0) is 11.6. The van der Waals surface area contributed by atoms with E-state index in [1.807, 2.05) is 30.3 Å². The Bertz CT molecular complexity index is 330. The average molecular weight is 220 g/mol. The monoisotopic (exact) mass is 220 g/mol. The summed E-state index contributed by atoms with van der Waals surface area (Å²) >= 11 is 0. The van der Waals surface area contributed by atoms with Crippen LogP contribution in [0.3, 0.4) is 0 Å². The van der Waals surface area contributed by atoms with Crippen LogP contribution in [0.2, 0.25) is 0 Å². The SMILES string of the molecule is O=C(C=Cc1ccccc1)OCCCCO. The average Bonchev–Trinajstić information content (AvgIpc) is 2.33. The Morgan fingerprint density at radius 2 is 2.00 bits per heavy atom. The number of unbranched alkanes of at least 4 members (excludes halogenated alkanes) is 1. The number of aliphatic hydroxyl groups excluding tert-OH is 1. The van der Waals surface area contributed by atoms with Crippen molar-refractivity contribution in [1.82, 2.24) is 0 Å². The van der Waals surface area contributed by atoms with Crippen LogP contribution in [0.1, 0.15) is 18.4 Å². The second-order valence-electron chi connectivity index (χ2n) is 3.34. The molecule has 0 atom stereocenters. The van der Waals surface area contributed by atoms with Gasteiger partial charge in [-0.05, 0) is 24.5 Å². The van der Waals surface area contributed by atoms with Crippen LogP contribution in [0.4, 0.5) is 0 Å². The first-order valence-electron chi connectivity index (χ1n) is 5.33. The summed E-state index contributed by atoms with van der Waals surface area (Å²) in [5, 5.41) is 8.53. The first kappa shape index (κ1) is 12.5. The van der Waals surface area contributed by atoms with Gasteiger partial charge in [0.25, 0.3) is 0 Å². The molecule has 0 unspecified atom stereocenters. The molecule has 0 fully saturated rings. The first-order chi connectivity index (χ1) is 7.83. The molecule has 1 N–H and O–H groups in total. The Labute approximate surface area is 95.4 Å². The van der Waals surface area contributed by atoms with Crippen molar-refractivity contribution in [3.8, 4) is 0 Å². The minimum absolute atomic E-state index is 0.136. The number of hydrogen-bond acceptors (Lipinski definition) is 3. The van der Waals surface area contributed by atoms with Gasteiger partial charge in [-0.25, -0.2) is 4.79 Å². The largest absolute Gasteiger partial charge is 0.463 e. The fraction of sp³-hybridized carbons (Fsp3) is 0.308. The van der Waals surface area contributed by atoms with Gasteiger partial charge in [0.15, 0.2) is 0 Å². The Hall–Kier alpha value is -1.61. The van der Waals surface area contributed by atoms with Crippen molar-refractivity contribution < 1.29 is 14.6 Å². The lowest BCUT2D eigenvalue weighted by atomic mass is 10.2. The Kier molecular flexibility index (Phi) is 5.96. The molecule has 3 nitrogen and oxygen atoms in total. The highest BCUT2D eigenvalue weighted by Crippen LogP contribution is 2.01. The third-order valence-corrected chi connectivity index (χ3v) is 2.01. The van der Waals surface area contributed by atoms with E-state index < -0.39 is 0 Å². The molecule has 3 heteroatoms. The van der Waals surface area contributed by atoms with E-state index >= 15 is 0 Å². The fourth-order valence-corrected chi connectivity index (χ4v) is 1.16. The normalized spacial score (nSPS) is 10.6. The number of aliphatic hydroxyl groups is 1. The predicted molar refractivity (Wildman–Crippen MR) is 62.8 cm³/mol. The van der Waals surface area contributed by atoms with E-state index in [1.165, 1.54) is 6.08 Å². The molecule has 0 aliphatic carbocycles. The molecule has 0 spiro atoms. The minimum atomic E-state index is -0.346. The number of carbonyl (C=O) groups excluding carboxylic acids is 1. The zero-order valence-corrected chi connectivity index (χ0v) is 9.13. The molecule has 1 aromatic rings. The number of benzene rings is 1. The topological polar surface area (TPSA) is 46.5 Å². The van der Waals surface area contributed by atoms with E-state index in [0.29, 0.717) is 19.4 Å². The number of ether oxygens (including phenoxy) is 1. The standard InChI is InChI=1S/C13H16O3/c14-10-4-5-11-16-13(15)9-8-12-6-2-1-3-7-12/h1-3,6-9,14H,4-5,10-11H2. The van der Waals surface area contributed by atoms with E-state index in [1.54, 1.807) is 6.08 Å². The second kappa shape index (κ2) is 7.65. The number of rotatable bonds is 6. The van der Waals surface area contributed by atoms with E-state index in [2.05, 4.69) is 0 Å². The number of esters is 1. The molecule has 0 aliphatic heterocycles. The van der Waals surface area contributed by atoms with E-state index in [9.17, 15) is 4.79 Å². The number of hydrogen-bond donors (Lipinski definition) is 1. The summed E-state index contributed by atoms with van der Waals surface area (Å²) in [6, 6.07) is 9.56. The van der Waals surface area contributed by atoms with Crippen molar-refractivity contribution >= 4 is 12.0 Å². The zero-order valence-electron chi connectivity index (χ0n) is 9.13. The van der Waals surface area contributed by atoms with Crippen LogP contribution in [0.15, 0.2) is 36.4 Å². The molecule has 0 saturated heterocycles. The molecule has 0 saturated carbocycles. The van der Waals surface area contributed by atoms with Gasteiger partial charge in [0.2, 0.25) is 0 Å². The summed E-state index contributed by atoms with van der Waals surface area (Å²) in [5.74, 6) is -0.346. The third kappa shape index (κ3) is 5.32. The maximum atomic E-state index is 11.2. The lowest BCUT2D eigenvalue weighted by Crippen LogP contribution is -2.02. The van der Waals surface area contributed by atoms with Gasteiger partial charge in [0.1, 0.15) is 0 Å². The lowest BCUT2D eigenvalue weighted by Gasteiger charge is -1.99. The van der Waals surface area contributed by atoms with E-state index in [0.717, 1.165) is 5.56 Å². The molecule has 0 bridgehead atoms. The van der Waals surface area contributed by atoms with Crippen LogP contribution in [-0.2, 0) is 9.53 Å². The molecule has 0 heterocycles. The fourth-order valence-electron chi connectivity index (χ4n) is 1.16. The molecule has 1 aromatic carbocycles. The van der Waals surface area contributed by atoms with Crippen LogP contribution in [0, 0.1) is 0 Å². The van der Waals surface area contributed by atoms with Gasteiger partial charge in [-0.15, -0.1) is 0 Å². The van der Waals surface area contributed by atoms with Crippen molar-refractivity contribution in [3.05, 3.63) is 42.0 Å². The molecular weight excluding hydrogens is 204 g/mol. The smallest absolute Gasteiger partial charge is 0.330 e. The summed E-state index contributed by atoms with van der Waals surface area (Å²) < 4.78 is 4.93. The summed E-state index contributed by atoms with van der Waals surface area (Å²) in [6.07, 6.45) is 4.49. The third-order valence-electron chi connectivity index (χ3n) is 2.01. The van der Waals surface area contributed by atoms with E-state index in [-0.39, 0.29) is 12.6 Å². The molecule has 86 valence electrons. The maximum Gasteiger partial charge on any atom is 0.330 e. The highest BCUT2D eigenvalue weighted by Gasteiger charge is 1.96. The van der Waals surface area contributed by atoms with Gasteiger partial charge < -0.3 is 9.84 Å². The van der Waals surface area contributed by atoms with Crippen LogP contribution in [0.5, 0.6) is 0 Å². The van der Waals surface area contributed by atoms with Crippen molar-refractivity contribution in [3.63, 3.8) is 0 Å². The van der Waals surface area contributed by atoms with Crippen LogP contribution in [0.25, 0.3) is 6.08 Å². The second-order valence-corrected chi connectivity index (χ2v) is 3.34. The van der Waals surface area contributed by atoms with Crippen LogP contribution in [-0.4, -0.2) is 24.3 Å². The summed E-state index contributed by atoms with van der Waals surface area (Å²) in [6.45, 7) is 0.496. The Morgan fingerprint density at radius 3 is 2.69 bits per heavy atom. The molecule has 16 heavy (non-hydrogen) atoms. The van der Waals surface area contributed by atoms with Gasteiger partial charge in [0.05, 0.1) is 6.61 Å². The van der Waals surface area contributed by atoms with Crippen LogP contribution < -0.4 is 0 Å². The predicted octanol–water partition coefficient (Wildman–Crippen LogP) is 2.02. The van der Waals surface area contributed by atoms with Crippen molar-refractivity contribution in [2.45, 2.75) is 12.8 Å². The molecule has 0 aromatic heterocycles. The number of carbonyl (C=O) groups is 1. The van der Waals surface area contributed by atoms with Gasteiger partial charge in [-0.1, -0.05) is 30.3 Å². The quantitative estimate of drug-likeness (QED) is 0.453. The van der Waals surface area contributed by atoms with Crippen molar-refractivity contribution in [2.75, 3.05) is 13.2 Å². The highest BCUT2D eigenvalue weighted by atomic mass is 16.5. The van der Waals surface area contributed by atoms with Gasteiger partial charge in [0, 0.05) is 12.7 Å². The summed E-state index contributed by atoms with van der Waals surface area (Å²) in [7, 11) is 0. The lowest BCUT2D eigenvalue weighted by molar-refractivity contribution is -0.137. The van der Waals surface area contributed by atoms with Crippen molar-refractivity contribution in [1.29, 1.82) is 0 Å². The Balaban J connectivity index is 2.26. The minimum Gasteiger partial charge on any atom is -0.463 e.